The number of hydrogen-bond donors (Lipinski definition) is 1. The van der Waals surface area contributed by atoms with Crippen LogP contribution in [0, 0.1) is 0 Å². The number of alkyl halides is 5. The first-order valence-corrected chi connectivity index (χ1v) is 8.84. The van der Waals surface area contributed by atoms with E-state index in [1.165, 1.54) is 23.5 Å². The van der Waals surface area contributed by atoms with Gasteiger partial charge in [0, 0.05) is 10.9 Å². The third kappa shape index (κ3) is 5.43. The minimum absolute atomic E-state index is 0.0409. The molecule has 4 nitrogen and oxygen atoms in total. The van der Waals surface area contributed by atoms with Crippen LogP contribution in [-0.4, -0.2) is 29.6 Å². The van der Waals surface area contributed by atoms with Crippen molar-refractivity contribution < 1.29 is 31.5 Å². The first-order valence-electron chi connectivity index (χ1n) is 7.20. The molecule has 2 N–H and O–H groups in total. The number of nitrogens with two attached hydrogens (primary N) is 1. The molecule has 148 valence electrons. The van der Waals surface area contributed by atoms with Crippen LogP contribution in [0.15, 0.2) is 17.5 Å². The van der Waals surface area contributed by atoms with Crippen LogP contribution in [0.4, 0.5) is 22.0 Å². The number of hydrogen-bond acceptors (Lipinski definition) is 4. The topological polar surface area (TPSA) is 65.2 Å². The van der Waals surface area contributed by atoms with Crippen LogP contribution >= 0.6 is 34.5 Å². The first-order chi connectivity index (χ1) is 12.4. The average Bonchev–Trinajstić information content (AvgIpc) is 2.96. The van der Waals surface area contributed by atoms with Crippen molar-refractivity contribution in [2.75, 3.05) is 6.61 Å². The normalized spacial score (nSPS) is 12.3. The third-order valence-electron chi connectivity index (χ3n) is 3.25. The van der Waals surface area contributed by atoms with E-state index in [-0.39, 0.29) is 22.2 Å². The van der Waals surface area contributed by atoms with E-state index < -0.39 is 31.0 Å². The van der Waals surface area contributed by atoms with Gasteiger partial charge in [-0.25, -0.2) is 4.98 Å². The van der Waals surface area contributed by atoms with Crippen LogP contribution in [0.5, 0.6) is 5.75 Å². The molecule has 1 heterocycles. The van der Waals surface area contributed by atoms with Crippen molar-refractivity contribution in [3.05, 3.63) is 32.6 Å². The zero-order valence-corrected chi connectivity index (χ0v) is 15.6. The molecule has 0 bridgehead atoms. The second-order valence-electron chi connectivity index (χ2n) is 5.34. The first kappa shape index (κ1) is 21.6. The van der Waals surface area contributed by atoms with E-state index in [0.717, 1.165) is 0 Å². The Morgan fingerprint density at radius 1 is 1.19 bits per heavy atom. The predicted octanol–water partition coefficient (Wildman–Crippen LogP) is 5.11. The highest BCUT2D eigenvalue weighted by Crippen LogP contribution is 2.40. The molecule has 0 unspecified atom stereocenters. The summed E-state index contributed by atoms with van der Waals surface area (Å²) < 4.78 is 67.2. The minimum atomic E-state index is -5.67. The third-order valence-corrected chi connectivity index (χ3v) is 4.66. The fraction of sp³-hybridized carbons (Fsp3) is 0.333. The number of thiazole rings is 1. The quantitative estimate of drug-likeness (QED) is 0.598. The van der Waals surface area contributed by atoms with Gasteiger partial charge in [0.05, 0.1) is 35.2 Å². The zero-order valence-electron chi connectivity index (χ0n) is 13.2. The van der Waals surface area contributed by atoms with E-state index in [4.69, 9.17) is 33.7 Å². The second-order valence-corrected chi connectivity index (χ2v) is 7.10. The molecule has 0 aliphatic rings. The number of carbonyl (C=O) groups excluding carboxylic acids is 1. The maximum absolute atomic E-state index is 12.9. The van der Waals surface area contributed by atoms with Crippen LogP contribution in [0.3, 0.4) is 0 Å². The number of nitrogens with zero attached hydrogens (tertiary/aromatic N) is 1. The standard InChI is InChI=1S/C15H11Cl2F5N2O2S/c16-8-3-7(10-6-27-12(24-10)5-11(23)25)4-9(17)13(8)26-2-1-14(18,19)15(20,21)22/h3-4,6H,1-2,5H2,(H2,23,25). The Labute approximate surface area is 164 Å². The molecular formula is C15H11Cl2F5N2O2S. The summed E-state index contributed by atoms with van der Waals surface area (Å²) in [5, 5.41) is 1.93. The zero-order chi connectivity index (χ0) is 20.4. The molecule has 12 heteroatoms. The number of ether oxygens (including phenoxy) is 1. The van der Waals surface area contributed by atoms with Crippen molar-refractivity contribution >= 4 is 40.4 Å². The fourth-order valence-electron chi connectivity index (χ4n) is 1.94. The highest BCUT2D eigenvalue weighted by atomic mass is 35.5. The molecule has 27 heavy (non-hydrogen) atoms. The smallest absolute Gasteiger partial charge is 0.453 e. The monoisotopic (exact) mass is 448 g/mol. The van der Waals surface area contributed by atoms with Gasteiger partial charge in [-0.15, -0.1) is 11.3 Å². The van der Waals surface area contributed by atoms with Gasteiger partial charge in [0.2, 0.25) is 5.91 Å². The predicted molar refractivity (Wildman–Crippen MR) is 91.6 cm³/mol. The molecule has 0 atom stereocenters. The molecule has 0 fully saturated rings. The lowest BCUT2D eigenvalue weighted by atomic mass is 10.1. The molecule has 0 saturated heterocycles. The Morgan fingerprint density at radius 2 is 1.78 bits per heavy atom. The molecule has 1 aromatic carbocycles. The Balaban J connectivity index is 2.13. The van der Waals surface area contributed by atoms with Crippen LogP contribution in [0.2, 0.25) is 10.0 Å². The van der Waals surface area contributed by atoms with E-state index >= 15 is 0 Å². The Bertz CT molecular complexity index is 819. The van der Waals surface area contributed by atoms with Gasteiger partial charge in [-0.3, -0.25) is 4.79 Å². The van der Waals surface area contributed by atoms with Crippen LogP contribution in [0.1, 0.15) is 11.4 Å². The summed E-state index contributed by atoms with van der Waals surface area (Å²) in [5.41, 5.74) is 5.98. The number of primary amides is 1. The van der Waals surface area contributed by atoms with Crippen molar-refractivity contribution in [1.82, 2.24) is 4.98 Å². The summed E-state index contributed by atoms with van der Waals surface area (Å²) in [5.74, 6) is -5.65. The summed E-state index contributed by atoms with van der Waals surface area (Å²) >= 11 is 13.2. The van der Waals surface area contributed by atoms with Crippen molar-refractivity contribution in [3.8, 4) is 17.0 Å². The van der Waals surface area contributed by atoms with E-state index in [1.54, 1.807) is 5.38 Å². The Hall–Kier alpha value is -1.65. The summed E-state index contributed by atoms with van der Waals surface area (Å²) in [6, 6.07) is 2.74. The lowest BCUT2D eigenvalue weighted by Gasteiger charge is -2.20. The van der Waals surface area contributed by atoms with E-state index in [2.05, 4.69) is 4.98 Å². The van der Waals surface area contributed by atoms with Crippen molar-refractivity contribution in [3.63, 3.8) is 0 Å². The molecule has 0 aliphatic carbocycles. The average molecular weight is 449 g/mol. The number of carbonyl (C=O) groups is 1. The molecule has 0 aliphatic heterocycles. The second kappa shape index (κ2) is 8.15. The highest BCUT2D eigenvalue weighted by Gasteiger charge is 2.56. The molecule has 1 amide bonds. The van der Waals surface area contributed by atoms with Crippen LogP contribution in [-0.2, 0) is 11.2 Å². The van der Waals surface area contributed by atoms with Gasteiger partial charge in [-0.2, -0.15) is 22.0 Å². The van der Waals surface area contributed by atoms with Crippen molar-refractivity contribution in [2.24, 2.45) is 5.73 Å². The lowest BCUT2D eigenvalue weighted by molar-refractivity contribution is -0.285. The molecule has 2 rings (SSSR count). The van der Waals surface area contributed by atoms with Gasteiger partial charge in [-0.1, -0.05) is 23.2 Å². The number of halogens is 7. The molecule has 1 aromatic heterocycles. The van der Waals surface area contributed by atoms with Gasteiger partial charge in [0.25, 0.3) is 0 Å². The fourth-order valence-corrected chi connectivity index (χ4v) is 3.35. The summed E-state index contributed by atoms with van der Waals surface area (Å²) in [6.07, 6.45) is -7.28. The van der Waals surface area contributed by atoms with Gasteiger partial charge in [0.15, 0.2) is 5.75 Å². The Kier molecular flexibility index (Phi) is 6.54. The van der Waals surface area contributed by atoms with Crippen LogP contribution in [0.25, 0.3) is 11.3 Å². The van der Waals surface area contributed by atoms with Gasteiger partial charge in [-0.05, 0) is 12.1 Å². The highest BCUT2D eigenvalue weighted by molar-refractivity contribution is 7.10. The van der Waals surface area contributed by atoms with E-state index in [1.807, 2.05) is 0 Å². The number of aromatic nitrogens is 1. The Morgan fingerprint density at radius 3 is 2.30 bits per heavy atom. The molecule has 0 radical (unpaired) electrons. The van der Waals surface area contributed by atoms with Gasteiger partial charge < -0.3 is 10.5 Å². The number of rotatable bonds is 7. The largest absolute Gasteiger partial charge is 0.490 e. The lowest BCUT2D eigenvalue weighted by Crippen LogP contribution is -2.37. The summed E-state index contributed by atoms with van der Waals surface area (Å²) in [6.45, 7) is -0.940. The minimum Gasteiger partial charge on any atom is -0.490 e. The van der Waals surface area contributed by atoms with E-state index in [0.29, 0.717) is 16.3 Å². The van der Waals surface area contributed by atoms with Crippen molar-refractivity contribution in [2.45, 2.75) is 24.9 Å². The van der Waals surface area contributed by atoms with E-state index in [9.17, 15) is 26.7 Å². The summed E-state index contributed by atoms with van der Waals surface area (Å²) in [7, 11) is 0. The summed E-state index contributed by atoms with van der Waals surface area (Å²) in [4.78, 5) is 15.1. The molecular weight excluding hydrogens is 438 g/mol. The molecule has 0 saturated carbocycles. The molecule has 2 aromatic rings. The maximum Gasteiger partial charge on any atom is 0.453 e. The molecule has 0 spiro atoms. The number of benzene rings is 1. The number of amides is 1. The van der Waals surface area contributed by atoms with Crippen molar-refractivity contribution in [1.29, 1.82) is 0 Å². The maximum atomic E-state index is 12.9. The van der Waals surface area contributed by atoms with Gasteiger partial charge in [0.1, 0.15) is 5.01 Å². The van der Waals surface area contributed by atoms with Gasteiger partial charge >= 0.3 is 12.1 Å². The van der Waals surface area contributed by atoms with Crippen LogP contribution < -0.4 is 10.5 Å². The SMILES string of the molecule is NC(=O)Cc1nc(-c2cc(Cl)c(OCCC(F)(F)C(F)(F)F)c(Cl)c2)cs1.